The van der Waals surface area contributed by atoms with Gasteiger partial charge < -0.3 is 15.2 Å². The van der Waals surface area contributed by atoms with E-state index in [2.05, 4.69) is 5.32 Å². The molecule has 0 aromatic carbocycles. The fourth-order valence-corrected chi connectivity index (χ4v) is 3.01. The van der Waals surface area contributed by atoms with Crippen LogP contribution in [0.25, 0.3) is 0 Å². The number of hydrogen-bond acceptors (Lipinski definition) is 3. The molecule has 5 heteroatoms. The normalized spacial score (nSPS) is 26.6. The number of carboxylic acid groups (broad SMARTS) is 1. The molecule has 1 saturated carbocycles. The van der Waals surface area contributed by atoms with Crippen LogP contribution in [0.1, 0.15) is 51.4 Å². The van der Waals surface area contributed by atoms with Gasteiger partial charge in [0.1, 0.15) is 6.10 Å². The molecule has 0 aromatic rings. The topological polar surface area (TPSA) is 75.6 Å². The van der Waals surface area contributed by atoms with Gasteiger partial charge in [-0.3, -0.25) is 9.59 Å². The number of rotatable bonds is 4. The third-order valence-electron chi connectivity index (χ3n) is 4.34. The summed E-state index contributed by atoms with van der Waals surface area (Å²) in [5.74, 6) is -0.928. The minimum atomic E-state index is -0.780. The van der Waals surface area contributed by atoms with E-state index in [-0.39, 0.29) is 18.6 Å². The average molecular weight is 269 g/mol. The predicted molar refractivity (Wildman–Crippen MR) is 69.8 cm³/mol. The highest BCUT2D eigenvalue weighted by atomic mass is 16.5. The lowest BCUT2D eigenvalue weighted by Gasteiger charge is -2.33. The van der Waals surface area contributed by atoms with Crippen molar-refractivity contribution >= 4 is 11.9 Å². The Morgan fingerprint density at radius 3 is 2.47 bits per heavy atom. The maximum absolute atomic E-state index is 12.0. The minimum absolute atomic E-state index is 0.147. The first kappa shape index (κ1) is 14.3. The molecule has 1 amide bonds. The molecule has 0 spiro atoms. The molecule has 1 unspecified atom stereocenters. The number of carboxylic acids is 1. The Kier molecular flexibility index (Phi) is 4.80. The zero-order chi connectivity index (χ0) is 13.7. The number of carbonyl (C=O) groups excluding carboxylic acids is 1. The van der Waals surface area contributed by atoms with Crippen LogP contribution in [0.4, 0.5) is 0 Å². The highest BCUT2D eigenvalue weighted by molar-refractivity contribution is 5.82. The molecule has 2 fully saturated rings. The van der Waals surface area contributed by atoms with Crippen molar-refractivity contribution in [1.82, 2.24) is 5.32 Å². The Labute approximate surface area is 113 Å². The van der Waals surface area contributed by atoms with Gasteiger partial charge in [0.15, 0.2) is 0 Å². The molecule has 5 nitrogen and oxygen atoms in total. The van der Waals surface area contributed by atoms with E-state index < -0.39 is 11.4 Å². The van der Waals surface area contributed by atoms with Gasteiger partial charge in [0.2, 0.25) is 5.91 Å². The maximum atomic E-state index is 12.0. The molecule has 0 bridgehead atoms. The second-order valence-corrected chi connectivity index (χ2v) is 5.72. The zero-order valence-electron chi connectivity index (χ0n) is 11.3. The summed E-state index contributed by atoms with van der Waals surface area (Å²) in [6, 6.07) is 0. The predicted octanol–water partition coefficient (Wildman–Crippen LogP) is 1.71. The Bertz CT molecular complexity index is 330. The van der Waals surface area contributed by atoms with E-state index in [0.29, 0.717) is 19.4 Å². The Balaban J connectivity index is 1.87. The molecule has 1 aliphatic carbocycles. The fourth-order valence-electron chi connectivity index (χ4n) is 3.01. The maximum Gasteiger partial charge on any atom is 0.311 e. The summed E-state index contributed by atoms with van der Waals surface area (Å²) in [4.78, 5) is 23.5. The van der Waals surface area contributed by atoms with Crippen molar-refractivity contribution in [2.24, 2.45) is 5.41 Å². The van der Waals surface area contributed by atoms with Crippen LogP contribution in [-0.2, 0) is 14.3 Å². The summed E-state index contributed by atoms with van der Waals surface area (Å²) < 4.78 is 5.41. The standard InChI is InChI=1S/C14H23NO4/c16-12(11-6-2-5-9-19-11)15-10-14(13(17)18)7-3-1-4-8-14/h11H,1-10H2,(H,15,16)(H,17,18). The molecule has 2 rings (SSSR count). The Hall–Kier alpha value is -1.10. The second-order valence-electron chi connectivity index (χ2n) is 5.72. The van der Waals surface area contributed by atoms with E-state index in [1.54, 1.807) is 0 Å². The molecule has 19 heavy (non-hydrogen) atoms. The summed E-state index contributed by atoms with van der Waals surface area (Å²) in [6.07, 6.45) is 6.64. The van der Waals surface area contributed by atoms with Gasteiger partial charge in [-0.1, -0.05) is 19.3 Å². The monoisotopic (exact) mass is 269 g/mol. The van der Waals surface area contributed by atoms with Gasteiger partial charge in [0, 0.05) is 13.2 Å². The van der Waals surface area contributed by atoms with Crippen molar-refractivity contribution in [3.63, 3.8) is 0 Å². The van der Waals surface area contributed by atoms with Gasteiger partial charge in [-0.25, -0.2) is 0 Å². The number of ether oxygens (including phenoxy) is 1. The number of nitrogens with one attached hydrogen (secondary N) is 1. The zero-order valence-corrected chi connectivity index (χ0v) is 11.3. The van der Waals surface area contributed by atoms with Crippen molar-refractivity contribution in [3.8, 4) is 0 Å². The van der Waals surface area contributed by atoms with Crippen molar-refractivity contribution in [1.29, 1.82) is 0 Å². The number of aliphatic carboxylic acids is 1. The highest BCUT2D eigenvalue weighted by Crippen LogP contribution is 2.36. The average Bonchev–Trinajstić information content (AvgIpc) is 2.46. The van der Waals surface area contributed by atoms with E-state index in [1.165, 1.54) is 0 Å². The quantitative estimate of drug-likeness (QED) is 0.814. The third-order valence-corrected chi connectivity index (χ3v) is 4.34. The highest BCUT2D eigenvalue weighted by Gasteiger charge is 2.40. The Morgan fingerprint density at radius 1 is 1.16 bits per heavy atom. The molecule has 0 aromatic heterocycles. The van der Waals surface area contributed by atoms with Crippen molar-refractivity contribution in [3.05, 3.63) is 0 Å². The smallest absolute Gasteiger partial charge is 0.311 e. The van der Waals surface area contributed by atoms with Gasteiger partial charge in [-0.05, 0) is 32.1 Å². The van der Waals surface area contributed by atoms with Crippen molar-refractivity contribution < 1.29 is 19.4 Å². The van der Waals surface area contributed by atoms with Gasteiger partial charge >= 0.3 is 5.97 Å². The molecule has 0 radical (unpaired) electrons. The molecule has 108 valence electrons. The summed E-state index contributed by atoms with van der Waals surface area (Å²) >= 11 is 0. The van der Waals surface area contributed by atoms with Crippen LogP contribution in [0.5, 0.6) is 0 Å². The fraction of sp³-hybridized carbons (Fsp3) is 0.857. The molecule has 2 aliphatic rings. The molecule has 1 atom stereocenters. The van der Waals surface area contributed by atoms with Crippen molar-refractivity contribution in [2.45, 2.75) is 57.5 Å². The SMILES string of the molecule is O=C(NCC1(C(=O)O)CCCCC1)C1CCCCO1. The van der Waals surface area contributed by atoms with Crippen LogP contribution in [0.15, 0.2) is 0 Å². The van der Waals surface area contributed by atoms with E-state index >= 15 is 0 Å². The van der Waals surface area contributed by atoms with E-state index in [9.17, 15) is 14.7 Å². The van der Waals surface area contributed by atoms with Gasteiger partial charge in [0.25, 0.3) is 0 Å². The lowest BCUT2D eigenvalue weighted by molar-refractivity contribution is -0.151. The minimum Gasteiger partial charge on any atom is -0.481 e. The van der Waals surface area contributed by atoms with Crippen LogP contribution in [0.2, 0.25) is 0 Å². The molecule has 2 N–H and O–H groups in total. The second kappa shape index (κ2) is 6.37. The van der Waals surface area contributed by atoms with E-state index in [1.807, 2.05) is 0 Å². The first-order valence-electron chi connectivity index (χ1n) is 7.27. The van der Waals surface area contributed by atoms with E-state index in [0.717, 1.165) is 38.5 Å². The molecular weight excluding hydrogens is 246 g/mol. The number of hydrogen-bond donors (Lipinski definition) is 2. The summed E-state index contributed by atoms with van der Waals surface area (Å²) in [6.45, 7) is 0.864. The van der Waals surface area contributed by atoms with Gasteiger partial charge in [-0.15, -0.1) is 0 Å². The van der Waals surface area contributed by atoms with Crippen LogP contribution in [0.3, 0.4) is 0 Å². The molecule has 1 aliphatic heterocycles. The third kappa shape index (κ3) is 3.47. The summed E-state index contributed by atoms with van der Waals surface area (Å²) in [5.41, 5.74) is -0.761. The first-order valence-corrected chi connectivity index (χ1v) is 7.27. The molecule has 1 heterocycles. The molecular formula is C14H23NO4. The van der Waals surface area contributed by atoms with Crippen LogP contribution in [0, 0.1) is 5.41 Å². The first-order chi connectivity index (χ1) is 9.14. The lowest BCUT2D eigenvalue weighted by Crippen LogP contribution is -2.47. The van der Waals surface area contributed by atoms with Crippen LogP contribution >= 0.6 is 0 Å². The van der Waals surface area contributed by atoms with Gasteiger partial charge in [-0.2, -0.15) is 0 Å². The summed E-state index contributed by atoms with van der Waals surface area (Å²) in [7, 11) is 0. The van der Waals surface area contributed by atoms with Crippen LogP contribution < -0.4 is 5.32 Å². The summed E-state index contributed by atoms with van der Waals surface area (Å²) in [5, 5.41) is 12.2. The number of carbonyl (C=O) groups is 2. The van der Waals surface area contributed by atoms with Gasteiger partial charge in [0.05, 0.1) is 5.41 Å². The Morgan fingerprint density at radius 2 is 1.89 bits per heavy atom. The van der Waals surface area contributed by atoms with Crippen molar-refractivity contribution in [2.75, 3.05) is 13.2 Å². The van der Waals surface area contributed by atoms with Crippen LogP contribution in [-0.4, -0.2) is 36.2 Å². The largest absolute Gasteiger partial charge is 0.481 e. The lowest BCUT2D eigenvalue weighted by atomic mass is 9.74. The van der Waals surface area contributed by atoms with E-state index in [4.69, 9.17) is 4.74 Å². The number of amides is 1. The molecule has 1 saturated heterocycles.